The van der Waals surface area contributed by atoms with Crippen molar-refractivity contribution in [2.24, 2.45) is 17.8 Å². The lowest BCUT2D eigenvalue weighted by Crippen LogP contribution is -2.35. The molecule has 2 N–H and O–H groups in total. The lowest BCUT2D eigenvalue weighted by atomic mass is 9.81. The van der Waals surface area contributed by atoms with E-state index in [2.05, 4.69) is 4.98 Å². The predicted octanol–water partition coefficient (Wildman–Crippen LogP) is 1.33. The van der Waals surface area contributed by atoms with Gasteiger partial charge in [0.05, 0.1) is 11.8 Å². The molecule has 7 nitrogen and oxygen atoms in total. The zero-order valence-corrected chi connectivity index (χ0v) is 14.9. The molecule has 2 aromatic heterocycles. The fraction of sp³-hybridized carbons (Fsp3) is 0.444. The Hall–Kier alpha value is -2.77. The Morgan fingerprint density at radius 2 is 1.81 bits per heavy atom. The topological polar surface area (TPSA) is 105 Å². The Labute approximate surface area is 148 Å². The normalized spacial score (nSPS) is 14.6. The summed E-state index contributed by atoms with van der Waals surface area (Å²) in [5.41, 5.74) is -1.06. The van der Waals surface area contributed by atoms with Crippen molar-refractivity contribution in [2.75, 3.05) is 0 Å². The van der Waals surface area contributed by atoms with Crippen molar-refractivity contribution < 1.29 is 9.18 Å². The Balaban J connectivity index is 2.11. The average Bonchev–Trinajstić information content (AvgIpc) is 2.58. The second-order valence-electron chi connectivity index (χ2n) is 6.78. The van der Waals surface area contributed by atoms with Gasteiger partial charge in [-0.15, -0.1) is 0 Å². The fourth-order valence-corrected chi connectivity index (χ4v) is 2.96. The molecule has 0 aliphatic carbocycles. The van der Waals surface area contributed by atoms with Crippen LogP contribution in [0.15, 0.2) is 32.6 Å². The van der Waals surface area contributed by atoms with Gasteiger partial charge < -0.3 is 4.98 Å². The van der Waals surface area contributed by atoms with Crippen molar-refractivity contribution in [1.82, 2.24) is 14.5 Å². The van der Waals surface area contributed by atoms with Crippen molar-refractivity contribution in [3.63, 3.8) is 0 Å². The number of nitrogens with one attached hydrogen (secondary N) is 2. The number of nitrogens with zero attached hydrogens (tertiary/aromatic N) is 1. The molecule has 8 heteroatoms. The van der Waals surface area contributed by atoms with E-state index in [1.807, 2.05) is 25.8 Å². The molecule has 0 saturated heterocycles. The van der Waals surface area contributed by atoms with Gasteiger partial charge in [0.25, 0.3) is 11.1 Å². The van der Waals surface area contributed by atoms with E-state index in [4.69, 9.17) is 0 Å². The van der Waals surface area contributed by atoms with E-state index in [-0.39, 0.29) is 35.6 Å². The van der Waals surface area contributed by atoms with E-state index in [1.165, 1.54) is 0 Å². The third kappa shape index (κ3) is 4.44. The van der Waals surface area contributed by atoms with Gasteiger partial charge in [-0.3, -0.25) is 23.9 Å². The quantitative estimate of drug-likeness (QED) is 0.572. The van der Waals surface area contributed by atoms with E-state index >= 15 is 0 Å². The summed E-state index contributed by atoms with van der Waals surface area (Å²) in [6.07, 6.45) is 1.07. The standard InChI is InChI=1S/C18H22FN3O4/c1-10(6-13-4-5-14(9-23)20-17(13)25)12(3)11(2)8-22-15(19)7-16(24)21-18(22)26/h4-5,7,9-12H,6,8H2,1-3H3,(H,20,25)(H,21,24,26). The van der Waals surface area contributed by atoms with Crippen molar-refractivity contribution in [1.29, 1.82) is 0 Å². The van der Waals surface area contributed by atoms with E-state index in [0.717, 1.165) is 10.6 Å². The van der Waals surface area contributed by atoms with Gasteiger partial charge in [-0.2, -0.15) is 4.39 Å². The van der Waals surface area contributed by atoms with Crippen molar-refractivity contribution in [3.8, 4) is 0 Å². The molecule has 0 aliphatic rings. The minimum atomic E-state index is -0.869. The molecular weight excluding hydrogens is 341 g/mol. The first-order chi connectivity index (χ1) is 12.2. The number of aromatic nitrogens is 3. The highest BCUT2D eigenvalue weighted by Gasteiger charge is 2.22. The summed E-state index contributed by atoms with van der Waals surface area (Å²) in [5.74, 6) is -0.795. The third-order valence-electron chi connectivity index (χ3n) is 4.93. The zero-order valence-electron chi connectivity index (χ0n) is 14.9. The highest BCUT2D eigenvalue weighted by Crippen LogP contribution is 2.24. The summed E-state index contributed by atoms with van der Waals surface area (Å²) in [5, 5.41) is 0. The number of pyridine rings is 1. The maximum absolute atomic E-state index is 13.9. The van der Waals surface area contributed by atoms with Gasteiger partial charge in [0.2, 0.25) is 5.95 Å². The summed E-state index contributed by atoms with van der Waals surface area (Å²) >= 11 is 0. The van der Waals surface area contributed by atoms with E-state index in [1.54, 1.807) is 12.1 Å². The van der Waals surface area contributed by atoms with Gasteiger partial charge in [0.1, 0.15) is 0 Å². The van der Waals surface area contributed by atoms with Crippen molar-refractivity contribution >= 4 is 6.29 Å². The minimum absolute atomic E-state index is 0.0679. The Morgan fingerprint density at radius 3 is 2.38 bits per heavy atom. The van der Waals surface area contributed by atoms with E-state index in [0.29, 0.717) is 18.3 Å². The zero-order chi connectivity index (χ0) is 19.4. The fourth-order valence-electron chi connectivity index (χ4n) is 2.96. The van der Waals surface area contributed by atoms with Gasteiger partial charge in [-0.25, -0.2) is 4.79 Å². The van der Waals surface area contributed by atoms with Gasteiger partial charge >= 0.3 is 5.69 Å². The molecule has 2 aromatic rings. The molecule has 0 bridgehead atoms. The van der Waals surface area contributed by atoms with Crippen LogP contribution in [0.3, 0.4) is 0 Å². The summed E-state index contributed by atoms with van der Waals surface area (Å²) < 4.78 is 14.8. The highest BCUT2D eigenvalue weighted by atomic mass is 19.1. The first kappa shape index (κ1) is 19.6. The molecule has 0 aromatic carbocycles. The van der Waals surface area contributed by atoms with Crippen LogP contribution in [0.2, 0.25) is 0 Å². The summed E-state index contributed by atoms with van der Waals surface area (Å²) in [6, 6.07) is 3.93. The average molecular weight is 363 g/mol. The second-order valence-corrected chi connectivity index (χ2v) is 6.78. The highest BCUT2D eigenvalue weighted by molar-refractivity contribution is 5.71. The SMILES string of the molecule is CC(Cc1ccc(C=O)[nH]c1=O)C(C)C(C)Cn1c(F)cc(=O)[nH]c1=O. The Morgan fingerprint density at radius 1 is 1.12 bits per heavy atom. The molecule has 3 atom stereocenters. The number of H-pyrrole nitrogens is 2. The second kappa shape index (κ2) is 8.07. The minimum Gasteiger partial charge on any atom is -0.319 e. The molecular formula is C18H22FN3O4. The smallest absolute Gasteiger partial charge is 0.319 e. The number of rotatable bonds is 7. The monoisotopic (exact) mass is 363 g/mol. The van der Waals surface area contributed by atoms with Crippen LogP contribution in [0, 0.1) is 23.7 Å². The van der Waals surface area contributed by atoms with Gasteiger partial charge in [0, 0.05) is 12.1 Å². The van der Waals surface area contributed by atoms with Crippen LogP contribution < -0.4 is 16.8 Å². The molecule has 26 heavy (non-hydrogen) atoms. The maximum atomic E-state index is 13.9. The number of hydrogen-bond acceptors (Lipinski definition) is 4. The molecule has 140 valence electrons. The molecule has 0 amide bonds. The van der Waals surface area contributed by atoms with Crippen LogP contribution in [-0.2, 0) is 13.0 Å². The molecule has 0 aliphatic heterocycles. The summed E-state index contributed by atoms with van der Waals surface area (Å²) in [6.45, 7) is 5.95. The number of carbonyl (C=O) groups is 1. The van der Waals surface area contributed by atoms with E-state index < -0.39 is 17.2 Å². The molecule has 2 rings (SSSR count). The van der Waals surface area contributed by atoms with Crippen LogP contribution in [0.25, 0.3) is 0 Å². The van der Waals surface area contributed by atoms with Gasteiger partial charge in [0.15, 0.2) is 6.29 Å². The predicted molar refractivity (Wildman–Crippen MR) is 94.9 cm³/mol. The van der Waals surface area contributed by atoms with Gasteiger partial charge in [-0.05, 0) is 30.2 Å². The van der Waals surface area contributed by atoms with Crippen molar-refractivity contribution in [2.45, 2.75) is 33.7 Å². The van der Waals surface area contributed by atoms with Crippen LogP contribution >= 0.6 is 0 Å². The first-order valence-electron chi connectivity index (χ1n) is 8.40. The first-order valence-corrected chi connectivity index (χ1v) is 8.40. The number of halogens is 1. The molecule has 0 radical (unpaired) electrons. The van der Waals surface area contributed by atoms with Crippen LogP contribution in [0.1, 0.15) is 36.8 Å². The lowest BCUT2D eigenvalue weighted by molar-refractivity contribution is 0.111. The van der Waals surface area contributed by atoms with Crippen molar-refractivity contribution in [3.05, 3.63) is 66.6 Å². The molecule has 0 saturated carbocycles. The Kier molecular flexibility index (Phi) is 6.07. The van der Waals surface area contributed by atoms with Gasteiger partial charge in [-0.1, -0.05) is 26.8 Å². The number of hydrogen-bond donors (Lipinski definition) is 2. The maximum Gasteiger partial charge on any atom is 0.330 e. The lowest BCUT2D eigenvalue weighted by Gasteiger charge is -2.26. The van der Waals surface area contributed by atoms with Crippen LogP contribution in [0.4, 0.5) is 4.39 Å². The molecule has 0 fully saturated rings. The largest absolute Gasteiger partial charge is 0.330 e. The summed E-state index contributed by atoms with van der Waals surface area (Å²) in [7, 11) is 0. The van der Waals surface area contributed by atoms with Crippen LogP contribution in [-0.4, -0.2) is 20.8 Å². The summed E-state index contributed by atoms with van der Waals surface area (Å²) in [4.78, 5) is 50.1. The van der Waals surface area contributed by atoms with E-state index in [9.17, 15) is 23.6 Å². The number of carbonyl (C=O) groups excluding carboxylic acids is 1. The Bertz CT molecular complexity index is 960. The molecule has 3 unspecified atom stereocenters. The van der Waals surface area contributed by atoms with Crippen LogP contribution in [0.5, 0.6) is 0 Å². The molecule has 0 spiro atoms. The molecule has 2 heterocycles. The third-order valence-corrected chi connectivity index (χ3v) is 4.93. The number of aldehydes is 1. The number of aromatic amines is 2.